The van der Waals surface area contributed by atoms with Crippen molar-refractivity contribution in [3.8, 4) is 22.9 Å². The zero-order valence-electron chi connectivity index (χ0n) is 24.7. The summed E-state index contributed by atoms with van der Waals surface area (Å²) in [6.45, 7) is 7.62. The number of nitriles is 1. The van der Waals surface area contributed by atoms with Crippen molar-refractivity contribution in [1.82, 2.24) is 0 Å². The van der Waals surface area contributed by atoms with Crippen LogP contribution in [-0.4, -0.2) is 26.3 Å². The number of hydrogen-bond acceptors (Lipinski definition) is 4. The summed E-state index contributed by atoms with van der Waals surface area (Å²) in [6.07, 6.45) is 4.32. The van der Waals surface area contributed by atoms with Gasteiger partial charge in [-0.25, -0.2) is 4.39 Å². The number of fused-ring (bicyclic) bond motifs is 8. The highest BCUT2D eigenvalue weighted by Crippen LogP contribution is 2.58. The van der Waals surface area contributed by atoms with Gasteiger partial charge in [-0.3, -0.25) is 0 Å². The van der Waals surface area contributed by atoms with Gasteiger partial charge in [0.1, 0.15) is 11.6 Å². The molecule has 0 saturated carbocycles. The molecule has 2 heterocycles. The number of benzene rings is 5. The van der Waals surface area contributed by atoms with Gasteiger partial charge in [0.25, 0.3) is 0 Å². The predicted octanol–water partition coefficient (Wildman–Crippen LogP) is 8.34. The monoisotopic (exact) mass is 578 g/mol. The molecule has 0 bridgehead atoms. The Kier molecular flexibility index (Phi) is 5.95. The highest BCUT2D eigenvalue weighted by molar-refractivity contribution is 6.08. The normalized spacial score (nSPS) is 19.5. The van der Waals surface area contributed by atoms with E-state index in [1.807, 2.05) is 30.3 Å². The SMILES string of the molecule is CC1(C)c2cc(C#N)ccc2-c2c1c1c(c3ccccc23)OC(c2ccc(F)cc2)(c2ccc(N3CCOCC3)cc2)C=C1. The number of anilines is 1. The van der Waals surface area contributed by atoms with E-state index in [4.69, 9.17) is 9.47 Å². The van der Waals surface area contributed by atoms with Gasteiger partial charge < -0.3 is 14.4 Å². The third-order valence-electron chi connectivity index (χ3n) is 9.61. The van der Waals surface area contributed by atoms with Crippen LogP contribution in [0, 0.1) is 17.1 Å². The molecule has 8 rings (SSSR count). The summed E-state index contributed by atoms with van der Waals surface area (Å²) in [4.78, 5) is 2.33. The quantitative estimate of drug-likeness (QED) is 0.216. The third-order valence-corrected chi connectivity index (χ3v) is 9.61. The summed E-state index contributed by atoms with van der Waals surface area (Å²) in [5.74, 6) is 0.524. The summed E-state index contributed by atoms with van der Waals surface area (Å²) in [7, 11) is 0. The van der Waals surface area contributed by atoms with Gasteiger partial charge in [0.2, 0.25) is 0 Å². The van der Waals surface area contributed by atoms with Crippen molar-refractivity contribution in [2.45, 2.75) is 24.9 Å². The molecule has 44 heavy (non-hydrogen) atoms. The Hall–Kier alpha value is -4.92. The molecule has 0 amide bonds. The number of ether oxygens (including phenoxy) is 2. The van der Waals surface area contributed by atoms with E-state index in [9.17, 15) is 9.65 Å². The molecule has 1 unspecified atom stereocenters. The van der Waals surface area contributed by atoms with Crippen molar-refractivity contribution < 1.29 is 13.9 Å². The summed E-state index contributed by atoms with van der Waals surface area (Å²) in [6, 6.07) is 31.9. The molecular weight excluding hydrogens is 547 g/mol. The summed E-state index contributed by atoms with van der Waals surface area (Å²) < 4.78 is 27.1. The standard InChI is InChI=1S/C39H31FN2O2/c1-38(2)34-23-25(24-41)7-16-32(34)35-30-5-3-4-6-31(30)37-33(36(35)38)17-18-39(44-37,26-8-12-28(40)13-9-26)27-10-14-29(15-11-27)42-19-21-43-22-20-42/h3-18,23H,19-22H2,1-2H3. The van der Waals surface area contributed by atoms with Crippen LogP contribution in [0.4, 0.5) is 10.1 Å². The van der Waals surface area contributed by atoms with Crippen molar-refractivity contribution in [2.75, 3.05) is 31.2 Å². The number of hydrogen-bond donors (Lipinski definition) is 0. The van der Waals surface area contributed by atoms with Crippen LogP contribution in [0.2, 0.25) is 0 Å². The van der Waals surface area contributed by atoms with Crippen LogP contribution in [0.1, 0.15) is 47.2 Å². The molecule has 5 aromatic rings. The van der Waals surface area contributed by atoms with E-state index in [1.165, 1.54) is 23.3 Å². The maximum Gasteiger partial charge on any atom is 0.178 e. The molecule has 3 aliphatic rings. The Balaban J connectivity index is 1.35. The van der Waals surface area contributed by atoms with Crippen LogP contribution < -0.4 is 9.64 Å². The maximum absolute atomic E-state index is 14.2. The van der Waals surface area contributed by atoms with Gasteiger partial charge >= 0.3 is 0 Å². The first-order valence-corrected chi connectivity index (χ1v) is 15.1. The highest BCUT2D eigenvalue weighted by Gasteiger charge is 2.44. The van der Waals surface area contributed by atoms with Crippen molar-refractivity contribution in [1.29, 1.82) is 5.26 Å². The Bertz CT molecular complexity index is 2020. The lowest BCUT2D eigenvalue weighted by atomic mass is 9.76. The van der Waals surface area contributed by atoms with Crippen molar-refractivity contribution >= 4 is 22.5 Å². The van der Waals surface area contributed by atoms with E-state index < -0.39 is 5.60 Å². The van der Waals surface area contributed by atoms with Crippen LogP contribution in [0.5, 0.6) is 5.75 Å². The first-order valence-electron chi connectivity index (χ1n) is 15.1. The summed E-state index contributed by atoms with van der Waals surface area (Å²) in [5, 5.41) is 11.8. The van der Waals surface area contributed by atoms with Crippen molar-refractivity contribution in [3.05, 3.63) is 136 Å². The van der Waals surface area contributed by atoms with E-state index >= 15 is 0 Å². The van der Waals surface area contributed by atoms with Gasteiger partial charge in [0, 0.05) is 46.3 Å². The van der Waals surface area contributed by atoms with Gasteiger partial charge in [-0.1, -0.05) is 74.5 Å². The molecule has 5 aromatic carbocycles. The molecule has 1 aliphatic carbocycles. The zero-order chi connectivity index (χ0) is 30.1. The lowest BCUT2D eigenvalue weighted by Gasteiger charge is -2.38. The summed E-state index contributed by atoms with van der Waals surface area (Å²) in [5.41, 5.74) is 8.04. The summed E-state index contributed by atoms with van der Waals surface area (Å²) >= 11 is 0. The molecule has 0 spiro atoms. The fraction of sp³-hybridized carbons (Fsp3) is 0.205. The first-order chi connectivity index (χ1) is 21.4. The van der Waals surface area contributed by atoms with Crippen molar-refractivity contribution in [2.24, 2.45) is 0 Å². The molecule has 4 nitrogen and oxygen atoms in total. The smallest absolute Gasteiger partial charge is 0.178 e. The lowest BCUT2D eigenvalue weighted by molar-refractivity contribution is 0.122. The molecule has 1 saturated heterocycles. The van der Waals surface area contributed by atoms with E-state index in [2.05, 4.69) is 85.5 Å². The van der Waals surface area contributed by atoms with Crippen molar-refractivity contribution in [3.63, 3.8) is 0 Å². The van der Waals surface area contributed by atoms with Gasteiger partial charge in [0.05, 0.1) is 24.8 Å². The molecule has 1 fully saturated rings. The van der Waals surface area contributed by atoms with Gasteiger partial charge in [-0.15, -0.1) is 0 Å². The topological polar surface area (TPSA) is 45.5 Å². The van der Waals surface area contributed by atoms with E-state index in [0.717, 1.165) is 76.3 Å². The minimum absolute atomic E-state index is 0.286. The number of nitrogens with zero attached hydrogens (tertiary/aromatic N) is 2. The van der Waals surface area contributed by atoms with E-state index in [-0.39, 0.29) is 11.2 Å². The number of morpholine rings is 1. The molecule has 0 aromatic heterocycles. The van der Waals surface area contributed by atoms with E-state index in [1.54, 1.807) is 0 Å². The van der Waals surface area contributed by atoms with Crippen LogP contribution in [0.25, 0.3) is 28.0 Å². The molecule has 0 radical (unpaired) electrons. The molecular formula is C39H31FN2O2. The zero-order valence-corrected chi connectivity index (χ0v) is 24.7. The highest BCUT2D eigenvalue weighted by atomic mass is 19.1. The van der Waals surface area contributed by atoms with Crippen LogP contribution in [0.15, 0.2) is 97.1 Å². The predicted molar refractivity (Wildman–Crippen MR) is 173 cm³/mol. The van der Waals surface area contributed by atoms with Crippen LogP contribution in [-0.2, 0) is 15.8 Å². The Labute approximate surface area is 256 Å². The molecule has 2 aliphatic heterocycles. The van der Waals surface area contributed by atoms with Gasteiger partial charge in [0.15, 0.2) is 5.60 Å². The molecule has 216 valence electrons. The molecule has 5 heteroatoms. The second kappa shape index (κ2) is 9.80. The lowest BCUT2D eigenvalue weighted by Crippen LogP contribution is -2.37. The first kappa shape index (κ1) is 26.7. The third kappa shape index (κ3) is 3.84. The minimum Gasteiger partial charge on any atom is -0.472 e. The fourth-order valence-electron chi connectivity index (χ4n) is 7.42. The van der Waals surface area contributed by atoms with Gasteiger partial charge in [-0.2, -0.15) is 5.26 Å². The number of halogens is 1. The Morgan fingerprint density at radius 2 is 1.52 bits per heavy atom. The van der Waals surface area contributed by atoms with Crippen LogP contribution in [0.3, 0.4) is 0 Å². The van der Waals surface area contributed by atoms with E-state index in [0.29, 0.717) is 5.56 Å². The second-order valence-corrected chi connectivity index (χ2v) is 12.4. The largest absolute Gasteiger partial charge is 0.472 e. The fourth-order valence-corrected chi connectivity index (χ4v) is 7.42. The average molecular weight is 579 g/mol. The van der Waals surface area contributed by atoms with Gasteiger partial charge in [-0.05, 0) is 70.1 Å². The van der Waals surface area contributed by atoms with Crippen LogP contribution >= 0.6 is 0 Å². The average Bonchev–Trinajstić information content (AvgIpc) is 3.31. The molecule has 1 atom stereocenters. The second-order valence-electron chi connectivity index (χ2n) is 12.4. The minimum atomic E-state index is -0.967. The Morgan fingerprint density at radius 1 is 0.841 bits per heavy atom. The number of rotatable bonds is 3. The molecule has 0 N–H and O–H groups in total. The Morgan fingerprint density at radius 3 is 2.23 bits per heavy atom. The maximum atomic E-state index is 14.2.